The second kappa shape index (κ2) is 29.3. The first kappa shape index (κ1) is 74.1. The van der Waals surface area contributed by atoms with Gasteiger partial charge in [0.05, 0.1) is 11.8 Å². The molecule has 0 saturated heterocycles. The monoisotopic (exact) mass is 1310 g/mol. The summed E-state index contributed by atoms with van der Waals surface area (Å²) in [6.07, 6.45) is 20.2. The van der Waals surface area contributed by atoms with Crippen LogP contribution in [0.4, 0.5) is 0 Å². The maximum absolute atomic E-state index is 12.4. The molecule has 16 heteroatoms. The van der Waals surface area contributed by atoms with E-state index in [1.54, 1.807) is 48.6 Å². The lowest BCUT2D eigenvalue weighted by molar-refractivity contribution is -0.267. The number of carbonyl (C=O) groups excluding carboxylic acids is 5. The number of carbonyl (C=O) groups is 5. The third-order valence-corrected chi connectivity index (χ3v) is 20.6. The number of unbranched alkanes of at least 4 members (excludes halogenated alkanes) is 1. The number of Topliss-reactive ketones (excluding diaryl/α,β-unsaturated/α-hetero) is 1. The van der Waals surface area contributed by atoms with E-state index in [0.717, 1.165) is 79.8 Å². The fourth-order valence-electron chi connectivity index (χ4n) is 14.1. The minimum absolute atomic E-state index is 0.000347. The number of ketones is 1. The van der Waals surface area contributed by atoms with Crippen LogP contribution >= 0.6 is 15.9 Å². The van der Waals surface area contributed by atoms with Crippen molar-refractivity contribution in [2.45, 2.75) is 209 Å². The molecule has 0 heterocycles. The standard InChI is InChI=1S/C22H30O3.C13H19BrO2.C13H17O4.C13H18O4.C13H18O2/c1-6-7-8-21(2,3)13-9-18(24)20(19(25)10-13)14-11-17(23)16-12-15(14)22(16,4)5;1-13(2,5-3-4-6-14)10-7-11(15)9-12(16)8-10;1-7(14)16-11-6-12(17-8(2)15)10-5-9(11)13(10,3)4;1-8(14)16-13(17-9(2)15)6-5-10-7-11(13)12(10,3)4;1-4-5-6-13(2,3)10-7-11(14)9-12(15)8-10/h6,9-10,14-16,24-25H,1,7-8,11-12H2,2-5H3;7-9,15-16H,3-6H2,1-2H3;5-6,9-11H,1-4H3;5-6,10-11H,7H2,1-4H3;4,7-9,14-15H,1,5-6H2,2-3H3/q;;+1;;/t14?,15-,16+;;9-,10+,11?;10-,11+;/m0.01./s1. The average Bonchev–Trinajstić information content (AvgIpc) is 0.730. The Labute approximate surface area is 543 Å². The predicted octanol–water partition coefficient (Wildman–Crippen LogP) is 16.2. The van der Waals surface area contributed by atoms with Crippen LogP contribution in [0.25, 0.3) is 0 Å². The molecule has 2 unspecified atom stereocenters. The number of phenolic OH excluding ortho intramolecular Hbond substituents is 6. The van der Waals surface area contributed by atoms with Gasteiger partial charge in [-0.25, -0.2) is 0 Å². The molecular weight excluding hydrogens is 1210 g/mol. The molecule has 0 amide bonds. The molecule has 9 aliphatic carbocycles. The fourth-order valence-corrected chi connectivity index (χ4v) is 14.5. The molecule has 6 N–H and O–H groups in total. The maximum atomic E-state index is 12.4. The number of halogens is 1. The normalized spacial score (nSPS) is 23.7. The third kappa shape index (κ3) is 17.5. The third-order valence-electron chi connectivity index (χ3n) is 20.0. The SMILES string of the molecule is C=CCCC(C)(C)c1cc(O)c(C2CC(=O)[C@H]3C[C@@H]2C3(C)C)c(O)c1.C=CCCC(C)(C)c1cc(O)cc(O)c1.CC(=O)OC1(OC(C)=O)C=C[C@@H]2C[C@H]1C2(C)C.CC(=O)OC1=CC(OC(C)=O)[C@@H]2[CH+][C@H]1C2(C)C.CC(C)(CCCCBr)c1cc(O)cc(O)c1. The molecule has 8 atom stereocenters. The number of alkyl halides is 1. The molecule has 494 valence electrons. The van der Waals surface area contributed by atoms with Crippen LogP contribution in [-0.4, -0.2) is 77.5 Å². The molecule has 5 fully saturated rings. The molecule has 5 saturated carbocycles. The molecule has 0 aromatic heterocycles. The van der Waals surface area contributed by atoms with Crippen molar-refractivity contribution in [1.29, 1.82) is 0 Å². The Hall–Kier alpha value is -6.68. The van der Waals surface area contributed by atoms with E-state index in [-0.39, 0.29) is 120 Å². The first-order valence-electron chi connectivity index (χ1n) is 31.5. The Morgan fingerprint density at radius 2 is 1.10 bits per heavy atom. The number of hydrogen-bond acceptors (Lipinski definition) is 15. The highest BCUT2D eigenvalue weighted by molar-refractivity contribution is 9.09. The van der Waals surface area contributed by atoms with Crippen LogP contribution in [0.5, 0.6) is 34.5 Å². The van der Waals surface area contributed by atoms with Crippen molar-refractivity contribution in [1.82, 2.24) is 0 Å². The van der Waals surface area contributed by atoms with Gasteiger partial charge in [0.2, 0.25) is 0 Å². The molecular formula is C74H102BrO15+. The molecule has 15 nitrogen and oxygen atoms in total. The zero-order valence-corrected chi connectivity index (χ0v) is 57.7. The largest absolute Gasteiger partial charge is 0.508 e. The van der Waals surface area contributed by atoms with Crippen molar-refractivity contribution in [3.8, 4) is 34.5 Å². The average molecular weight is 1310 g/mol. The van der Waals surface area contributed by atoms with Gasteiger partial charge in [-0.2, -0.15) is 0 Å². The summed E-state index contributed by atoms with van der Waals surface area (Å²) in [7, 11) is 0. The summed E-state index contributed by atoms with van der Waals surface area (Å²) in [6, 6.07) is 13.1. The van der Waals surface area contributed by atoms with Crippen LogP contribution < -0.4 is 0 Å². The summed E-state index contributed by atoms with van der Waals surface area (Å²) >= 11 is 3.42. The number of aromatic hydroxyl groups is 6. The van der Waals surface area contributed by atoms with E-state index < -0.39 is 17.7 Å². The van der Waals surface area contributed by atoms with Gasteiger partial charge in [-0.3, -0.25) is 24.0 Å². The summed E-state index contributed by atoms with van der Waals surface area (Å²) in [5.41, 5.74) is 3.10. The highest BCUT2D eigenvalue weighted by Crippen LogP contribution is 2.65. The minimum Gasteiger partial charge on any atom is -0.508 e. The van der Waals surface area contributed by atoms with E-state index in [4.69, 9.17) is 18.9 Å². The Kier molecular flexibility index (Phi) is 24.1. The van der Waals surface area contributed by atoms with Gasteiger partial charge in [0.15, 0.2) is 17.8 Å². The van der Waals surface area contributed by atoms with E-state index in [2.05, 4.69) is 119 Å². The lowest BCUT2D eigenvalue weighted by Crippen LogP contribution is -2.61. The number of hydrogen-bond donors (Lipinski definition) is 6. The lowest BCUT2D eigenvalue weighted by atomic mass is 9.44. The Morgan fingerprint density at radius 1 is 0.633 bits per heavy atom. The Bertz CT molecular complexity index is 3080. The highest BCUT2D eigenvalue weighted by Gasteiger charge is 2.67. The quantitative estimate of drug-likeness (QED) is 0.0132. The summed E-state index contributed by atoms with van der Waals surface area (Å²) in [5, 5.41) is 60.2. The van der Waals surface area contributed by atoms with Crippen molar-refractivity contribution < 1.29 is 73.6 Å². The van der Waals surface area contributed by atoms with Crippen molar-refractivity contribution in [2.24, 2.45) is 51.8 Å². The topological polar surface area (TPSA) is 244 Å². The summed E-state index contributed by atoms with van der Waals surface area (Å²) in [6.45, 7) is 38.2. The van der Waals surface area contributed by atoms with Gasteiger partial charge in [-0.1, -0.05) is 124 Å². The van der Waals surface area contributed by atoms with E-state index in [1.807, 2.05) is 18.2 Å². The van der Waals surface area contributed by atoms with E-state index in [0.29, 0.717) is 29.6 Å². The van der Waals surface area contributed by atoms with E-state index in [9.17, 15) is 54.6 Å². The van der Waals surface area contributed by atoms with Gasteiger partial charge >= 0.3 is 23.9 Å². The van der Waals surface area contributed by atoms with Gasteiger partial charge < -0.3 is 49.6 Å². The van der Waals surface area contributed by atoms with Crippen LogP contribution in [0.2, 0.25) is 0 Å². The first-order valence-corrected chi connectivity index (χ1v) is 32.7. The van der Waals surface area contributed by atoms with Crippen LogP contribution in [0, 0.1) is 58.2 Å². The van der Waals surface area contributed by atoms with Gasteiger partial charge in [0.25, 0.3) is 5.79 Å². The predicted molar refractivity (Wildman–Crippen MR) is 354 cm³/mol. The van der Waals surface area contributed by atoms with Crippen molar-refractivity contribution in [3.63, 3.8) is 0 Å². The summed E-state index contributed by atoms with van der Waals surface area (Å²) < 4.78 is 21.1. The fraction of sp³-hybridized carbons (Fsp3) is 0.568. The van der Waals surface area contributed by atoms with E-state index >= 15 is 0 Å². The molecule has 90 heavy (non-hydrogen) atoms. The first-order chi connectivity index (χ1) is 41.6. The molecule has 0 spiro atoms. The smallest absolute Gasteiger partial charge is 0.307 e. The van der Waals surface area contributed by atoms with Crippen LogP contribution in [-0.2, 0) is 59.2 Å². The van der Waals surface area contributed by atoms with Gasteiger partial charge in [-0.15, -0.1) is 13.2 Å². The molecule has 3 aromatic rings. The number of phenols is 6. The number of esters is 4. The van der Waals surface area contributed by atoms with Gasteiger partial charge in [0, 0.05) is 81.0 Å². The minimum atomic E-state index is -1.20. The molecule has 3 aromatic carbocycles. The zero-order valence-electron chi connectivity index (χ0n) is 56.1. The Balaban J connectivity index is 0.000000208. The number of benzene rings is 3. The Morgan fingerprint density at radius 3 is 1.48 bits per heavy atom. The molecule has 6 bridgehead atoms. The van der Waals surface area contributed by atoms with Crippen molar-refractivity contribution in [3.05, 3.63) is 127 Å². The number of rotatable bonds is 18. The zero-order chi connectivity index (χ0) is 67.9. The second-order valence-corrected chi connectivity index (χ2v) is 29.9. The number of allylic oxidation sites excluding steroid dienone is 4. The van der Waals surface area contributed by atoms with Gasteiger partial charge in [0.1, 0.15) is 46.2 Å². The van der Waals surface area contributed by atoms with Crippen molar-refractivity contribution >= 4 is 45.6 Å². The second-order valence-electron chi connectivity index (χ2n) is 29.1. The molecule has 0 radical (unpaired) electrons. The van der Waals surface area contributed by atoms with Crippen LogP contribution in [0.3, 0.4) is 0 Å². The summed E-state index contributed by atoms with van der Waals surface area (Å²) in [4.78, 5) is 56.9. The van der Waals surface area contributed by atoms with E-state index in [1.165, 1.54) is 39.8 Å². The maximum Gasteiger partial charge on any atom is 0.307 e. The van der Waals surface area contributed by atoms with Crippen LogP contribution in [0.15, 0.2) is 97.8 Å². The van der Waals surface area contributed by atoms with Crippen molar-refractivity contribution in [2.75, 3.05) is 5.33 Å². The molecule has 12 rings (SSSR count). The number of fused-ring (bicyclic) bond motifs is 4. The molecule has 9 aliphatic rings. The van der Waals surface area contributed by atoms with Crippen LogP contribution in [0.1, 0.15) is 203 Å². The lowest BCUT2D eigenvalue weighted by Gasteiger charge is -2.59. The number of ether oxygens (including phenoxy) is 4. The highest BCUT2D eigenvalue weighted by atomic mass is 79.9. The molecule has 0 aliphatic heterocycles. The summed E-state index contributed by atoms with van der Waals surface area (Å²) in [5.74, 6) is 0.146. The van der Waals surface area contributed by atoms with Gasteiger partial charge in [-0.05, 0) is 149 Å².